The minimum Gasteiger partial charge on any atom is -0.439 e. The van der Waals surface area contributed by atoms with Gasteiger partial charge in [-0.15, -0.1) is 0 Å². The van der Waals surface area contributed by atoms with E-state index in [1.54, 1.807) is 81.1 Å². The molecule has 6 fully saturated rings. The molecule has 4 heterocycles. The van der Waals surface area contributed by atoms with Crippen molar-refractivity contribution in [1.82, 2.24) is 15.2 Å². The predicted octanol–water partition coefficient (Wildman–Crippen LogP) is 5.94. The molecule has 1 aromatic heterocycles. The minimum atomic E-state index is -0.0221. The zero-order valence-corrected chi connectivity index (χ0v) is 20.0. The maximum absolute atomic E-state index is 12.5. The molecule has 5 nitrogen and oxygen atoms in total. The number of benzene rings is 1. The van der Waals surface area contributed by atoms with Crippen molar-refractivity contribution >= 4 is 17.5 Å². The highest BCUT2D eigenvalue weighted by atomic mass is 35.5. The van der Waals surface area contributed by atoms with Crippen LogP contribution in [0.25, 0.3) is 0 Å². The Bertz CT molecular complexity index is 912. The second-order valence-corrected chi connectivity index (χ2v) is 10.6. The Hall–Kier alpha value is -2.11. The van der Waals surface area contributed by atoms with Gasteiger partial charge < -0.3 is 15.0 Å². The molecule has 0 spiro atoms. The lowest BCUT2D eigenvalue weighted by atomic mass is 9.71. The molecule has 1 atom stereocenters. The fourth-order valence-electron chi connectivity index (χ4n) is 5.90. The SMILES string of the molecule is C1CC2CCC1CC2.O=C(N[C@H]1CN2CCC1CC2)c1ccc(Oc2cc(Cl)ccn2)cc1. The van der Waals surface area contributed by atoms with Gasteiger partial charge in [0.1, 0.15) is 5.75 Å². The van der Waals surface area contributed by atoms with E-state index < -0.39 is 0 Å². The van der Waals surface area contributed by atoms with Crippen molar-refractivity contribution in [2.45, 2.75) is 57.4 Å². The van der Waals surface area contributed by atoms with Gasteiger partial charge in [0.05, 0.1) is 0 Å². The molecule has 6 aliphatic rings. The van der Waals surface area contributed by atoms with Crippen molar-refractivity contribution in [2.75, 3.05) is 19.6 Å². The molecule has 33 heavy (non-hydrogen) atoms. The van der Waals surface area contributed by atoms with Crippen LogP contribution in [-0.4, -0.2) is 41.5 Å². The van der Waals surface area contributed by atoms with Gasteiger partial charge in [0.25, 0.3) is 5.91 Å². The number of fused-ring (bicyclic) bond motifs is 6. The number of pyridine rings is 1. The van der Waals surface area contributed by atoms with Crippen molar-refractivity contribution in [1.29, 1.82) is 0 Å². The van der Waals surface area contributed by atoms with Crippen LogP contribution in [0.4, 0.5) is 0 Å². The Labute approximate surface area is 201 Å². The van der Waals surface area contributed by atoms with Gasteiger partial charge in [0.15, 0.2) is 0 Å². The van der Waals surface area contributed by atoms with Crippen molar-refractivity contribution in [3.05, 3.63) is 53.2 Å². The molecule has 176 valence electrons. The van der Waals surface area contributed by atoms with E-state index in [1.807, 2.05) is 0 Å². The fourth-order valence-corrected chi connectivity index (χ4v) is 6.05. The molecule has 1 aromatic carbocycles. The van der Waals surface area contributed by atoms with Crippen LogP contribution in [0.5, 0.6) is 11.6 Å². The normalized spacial score (nSPS) is 29.7. The van der Waals surface area contributed by atoms with Crippen LogP contribution in [0.3, 0.4) is 0 Å². The molecule has 8 rings (SSSR count). The van der Waals surface area contributed by atoms with Crippen LogP contribution in [0.2, 0.25) is 5.02 Å². The highest BCUT2D eigenvalue weighted by molar-refractivity contribution is 6.30. The molecule has 3 saturated heterocycles. The summed E-state index contributed by atoms with van der Waals surface area (Å²) < 4.78 is 5.65. The standard InChI is InChI=1S/C19H20ClN3O2.C8H14/c20-15-5-8-21-18(11-15)25-16-3-1-14(2-4-16)19(24)22-17-12-23-9-6-13(17)7-10-23;1-2-8-5-3-7(1)4-6-8/h1-5,8,11,13,17H,6-7,9-10,12H2,(H,22,24);7-8H,1-6H2/t17-;/m0./s1. The summed E-state index contributed by atoms with van der Waals surface area (Å²) in [5.74, 6) is 3.95. The quantitative estimate of drug-likeness (QED) is 0.604. The lowest BCUT2D eigenvalue weighted by molar-refractivity contribution is 0.0620. The first-order valence-corrected chi connectivity index (χ1v) is 12.9. The number of amides is 1. The summed E-state index contributed by atoms with van der Waals surface area (Å²) >= 11 is 5.92. The summed E-state index contributed by atoms with van der Waals surface area (Å²) in [4.78, 5) is 19.0. The van der Waals surface area contributed by atoms with E-state index in [-0.39, 0.29) is 11.9 Å². The third kappa shape index (κ3) is 5.88. The number of halogens is 1. The lowest BCUT2D eigenvalue weighted by Gasteiger charge is -2.44. The molecule has 0 unspecified atom stereocenters. The van der Waals surface area contributed by atoms with Gasteiger partial charge in [-0.3, -0.25) is 4.79 Å². The van der Waals surface area contributed by atoms with Gasteiger partial charge in [-0.1, -0.05) is 50.1 Å². The van der Waals surface area contributed by atoms with Gasteiger partial charge in [-0.05, 0) is 74.0 Å². The first-order valence-electron chi connectivity index (χ1n) is 12.5. The number of nitrogens with zero attached hydrogens (tertiary/aromatic N) is 2. The second-order valence-electron chi connectivity index (χ2n) is 10.1. The first kappa shape index (κ1) is 22.7. The third-order valence-electron chi connectivity index (χ3n) is 7.96. The number of ether oxygens (including phenoxy) is 1. The summed E-state index contributed by atoms with van der Waals surface area (Å²) in [6, 6.07) is 10.7. The van der Waals surface area contributed by atoms with E-state index in [4.69, 9.17) is 16.3 Å². The molecule has 0 radical (unpaired) electrons. The van der Waals surface area contributed by atoms with E-state index in [1.165, 1.54) is 25.9 Å². The van der Waals surface area contributed by atoms with Gasteiger partial charge in [0.2, 0.25) is 5.88 Å². The lowest BCUT2D eigenvalue weighted by Crippen LogP contribution is -2.57. The Balaban J connectivity index is 0.000000238. The van der Waals surface area contributed by atoms with Crippen LogP contribution in [0, 0.1) is 17.8 Å². The number of carbonyl (C=O) groups excluding carboxylic acids is 1. The van der Waals surface area contributed by atoms with Crippen molar-refractivity contribution in [3.8, 4) is 11.6 Å². The average Bonchev–Trinajstić information content (AvgIpc) is 2.87. The topological polar surface area (TPSA) is 54.5 Å². The molecule has 6 heteroatoms. The molecule has 3 aliphatic heterocycles. The fraction of sp³-hybridized carbons (Fsp3) is 0.556. The van der Waals surface area contributed by atoms with Crippen molar-refractivity contribution in [3.63, 3.8) is 0 Å². The molecule has 3 aliphatic carbocycles. The molecule has 3 saturated carbocycles. The number of carbonyl (C=O) groups is 1. The molecule has 1 N–H and O–H groups in total. The summed E-state index contributed by atoms with van der Waals surface area (Å²) in [7, 11) is 0. The molecular weight excluding hydrogens is 434 g/mol. The highest BCUT2D eigenvalue weighted by Crippen LogP contribution is 2.40. The molecular formula is C27H34ClN3O2. The number of aromatic nitrogens is 1. The first-order chi connectivity index (χ1) is 16.1. The van der Waals surface area contributed by atoms with Gasteiger partial charge in [-0.25, -0.2) is 4.98 Å². The molecule has 1 amide bonds. The summed E-state index contributed by atoms with van der Waals surface area (Å²) in [6.07, 6.45) is 13.3. The molecule has 2 aromatic rings. The zero-order chi connectivity index (χ0) is 22.6. The van der Waals surface area contributed by atoms with Crippen LogP contribution in [-0.2, 0) is 0 Å². The molecule has 4 bridgehead atoms. The Kier molecular flexibility index (Phi) is 7.17. The van der Waals surface area contributed by atoms with Crippen molar-refractivity contribution < 1.29 is 9.53 Å². The van der Waals surface area contributed by atoms with Crippen LogP contribution in [0.15, 0.2) is 42.6 Å². The van der Waals surface area contributed by atoms with E-state index >= 15 is 0 Å². The van der Waals surface area contributed by atoms with E-state index in [2.05, 4.69) is 15.2 Å². The maximum atomic E-state index is 12.5. The van der Waals surface area contributed by atoms with E-state index in [0.717, 1.165) is 18.4 Å². The Morgan fingerprint density at radius 3 is 2.09 bits per heavy atom. The number of hydrogen-bond donors (Lipinski definition) is 1. The minimum absolute atomic E-state index is 0.0221. The smallest absolute Gasteiger partial charge is 0.251 e. The monoisotopic (exact) mass is 467 g/mol. The third-order valence-corrected chi connectivity index (χ3v) is 8.19. The number of hydrogen-bond acceptors (Lipinski definition) is 4. The van der Waals surface area contributed by atoms with Crippen LogP contribution in [0.1, 0.15) is 61.7 Å². The number of piperidine rings is 3. The summed E-state index contributed by atoms with van der Waals surface area (Å²) in [6.45, 7) is 3.30. The number of nitrogens with one attached hydrogen (secondary N) is 1. The van der Waals surface area contributed by atoms with Gasteiger partial charge in [0, 0.05) is 35.4 Å². The summed E-state index contributed by atoms with van der Waals surface area (Å²) in [5, 5.41) is 3.76. The predicted molar refractivity (Wildman–Crippen MR) is 131 cm³/mol. The average molecular weight is 468 g/mol. The van der Waals surface area contributed by atoms with Gasteiger partial charge in [-0.2, -0.15) is 0 Å². The van der Waals surface area contributed by atoms with E-state index in [9.17, 15) is 4.79 Å². The maximum Gasteiger partial charge on any atom is 0.251 e. The highest BCUT2D eigenvalue weighted by Gasteiger charge is 2.35. The largest absolute Gasteiger partial charge is 0.439 e. The van der Waals surface area contributed by atoms with Crippen LogP contribution >= 0.6 is 11.6 Å². The van der Waals surface area contributed by atoms with Gasteiger partial charge >= 0.3 is 0 Å². The van der Waals surface area contributed by atoms with Crippen LogP contribution < -0.4 is 10.1 Å². The Morgan fingerprint density at radius 1 is 0.939 bits per heavy atom. The zero-order valence-electron chi connectivity index (χ0n) is 19.2. The van der Waals surface area contributed by atoms with Crippen molar-refractivity contribution in [2.24, 2.45) is 17.8 Å². The second kappa shape index (κ2) is 10.4. The Morgan fingerprint density at radius 2 is 1.58 bits per heavy atom. The van der Waals surface area contributed by atoms with E-state index in [0.29, 0.717) is 28.1 Å². The number of rotatable bonds is 4. The summed E-state index contributed by atoms with van der Waals surface area (Å²) in [5.41, 5.74) is 0.642.